The van der Waals surface area contributed by atoms with Gasteiger partial charge in [0.2, 0.25) is 5.91 Å². The zero-order valence-corrected chi connectivity index (χ0v) is 12.1. The molecule has 2 aliphatic heterocycles. The summed E-state index contributed by atoms with van der Waals surface area (Å²) in [7, 11) is 0. The van der Waals surface area contributed by atoms with Gasteiger partial charge in [0.25, 0.3) is 5.91 Å². The number of hydrogen-bond acceptors (Lipinski definition) is 4. The van der Waals surface area contributed by atoms with Crippen molar-refractivity contribution in [3.63, 3.8) is 0 Å². The molecule has 2 aliphatic rings. The number of rotatable bonds is 1. The number of carbonyl (C=O) groups excluding carboxylic acids is 2. The minimum atomic E-state index is -0.0114. The van der Waals surface area contributed by atoms with E-state index < -0.39 is 0 Å². The molecule has 1 saturated heterocycles. The number of nitrogens with one attached hydrogen (secondary N) is 2. The Morgan fingerprint density at radius 3 is 3.10 bits per heavy atom. The zero-order valence-electron chi connectivity index (χ0n) is 11.3. The molecule has 6 heteroatoms. The molecule has 0 unspecified atom stereocenters. The summed E-state index contributed by atoms with van der Waals surface area (Å²) in [5.41, 5.74) is 1.39. The van der Waals surface area contributed by atoms with Gasteiger partial charge >= 0.3 is 0 Å². The highest BCUT2D eigenvalue weighted by molar-refractivity contribution is 8.00. The third kappa shape index (κ3) is 2.53. The second-order valence-corrected chi connectivity index (χ2v) is 6.12. The maximum atomic E-state index is 12.6. The molecule has 0 aromatic heterocycles. The first-order valence-corrected chi connectivity index (χ1v) is 7.72. The molecule has 2 N–H and O–H groups in total. The summed E-state index contributed by atoms with van der Waals surface area (Å²) in [4.78, 5) is 26.9. The van der Waals surface area contributed by atoms with Gasteiger partial charge in [-0.2, -0.15) is 0 Å². The second-order valence-electron chi connectivity index (χ2n) is 5.10. The molecule has 5 nitrogen and oxygen atoms in total. The highest BCUT2D eigenvalue weighted by Crippen LogP contribution is 2.32. The van der Waals surface area contributed by atoms with Gasteiger partial charge in [-0.05, 0) is 25.1 Å². The molecule has 20 heavy (non-hydrogen) atoms. The van der Waals surface area contributed by atoms with E-state index in [4.69, 9.17) is 0 Å². The quantitative estimate of drug-likeness (QED) is 0.815. The fourth-order valence-corrected chi connectivity index (χ4v) is 3.31. The van der Waals surface area contributed by atoms with E-state index in [9.17, 15) is 9.59 Å². The summed E-state index contributed by atoms with van der Waals surface area (Å²) in [5.74, 6) is 0.462. The van der Waals surface area contributed by atoms with E-state index in [2.05, 4.69) is 10.6 Å². The van der Waals surface area contributed by atoms with Crippen molar-refractivity contribution in [2.75, 3.05) is 30.7 Å². The first kappa shape index (κ1) is 13.5. The van der Waals surface area contributed by atoms with E-state index in [-0.39, 0.29) is 17.9 Å². The van der Waals surface area contributed by atoms with Crippen LogP contribution in [0.1, 0.15) is 17.3 Å². The van der Waals surface area contributed by atoms with Gasteiger partial charge in [0, 0.05) is 36.1 Å². The molecule has 1 atom stereocenters. The SMILES string of the molecule is C[C@@H]1CNCCN1C(=O)c1ccc2c(c1)NC(=O)CS2. The Hall–Kier alpha value is -1.53. The minimum absolute atomic E-state index is 0.0114. The number of fused-ring (bicyclic) bond motifs is 1. The van der Waals surface area contributed by atoms with Crippen molar-refractivity contribution in [2.24, 2.45) is 0 Å². The van der Waals surface area contributed by atoms with Gasteiger partial charge in [-0.3, -0.25) is 9.59 Å². The van der Waals surface area contributed by atoms with Gasteiger partial charge in [0.15, 0.2) is 0 Å². The van der Waals surface area contributed by atoms with Gasteiger partial charge in [-0.25, -0.2) is 0 Å². The predicted molar refractivity (Wildman–Crippen MR) is 79.2 cm³/mol. The molecule has 2 heterocycles. The van der Waals surface area contributed by atoms with Gasteiger partial charge in [-0.1, -0.05) is 0 Å². The van der Waals surface area contributed by atoms with E-state index in [1.54, 1.807) is 6.07 Å². The summed E-state index contributed by atoms with van der Waals surface area (Å²) in [6, 6.07) is 5.74. The van der Waals surface area contributed by atoms with Crippen LogP contribution in [-0.2, 0) is 4.79 Å². The maximum absolute atomic E-state index is 12.6. The van der Waals surface area contributed by atoms with Crippen LogP contribution in [0.3, 0.4) is 0 Å². The third-order valence-corrected chi connectivity index (χ3v) is 4.70. The second kappa shape index (κ2) is 5.46. The van der Waals surface area contributed by atoms with Gasteiger partial charge in [0.05, 0.1) is 11.4 Å². The molecule has 106 valence electrons. The standard InChI is InChI=1S/C14H17N3O2S/c1-9-7-15-4-5-17(9)14(19)10-2-3-12-11(6-10)16-13(18)8-20-12/h2-3,6,9,15H,4-5,7-8H2,1H3,(H,16,18)/t9-/m1/s1. The molecule has 0 bridgehead atoms. The number of piperazine rings is 1. The van der Waals surface area contributed by atoms with Crippen LogP contribution < -0.4 is 10.6 Å². The first-order chi connectivity index (χ1) is 9.65. The number of anilines is 1. The largest absolute Gasteiger partial charge is 0.333 e. The summed E-state index contributed by atoms with van der Waals surface area (Å²) >= 11 is 1.51. The van der Waals surface area contributed by atoms with E-state index in [1.807, 2.05) is 24.0 Å². The van der Waals surface area contributed by atoms with Crippen molar-refractivity contribution in [1.82, 2.24) is 10.2 Å². The van der Waals surface area contributed by atoms with Crippen molar-refractivity contribution in [1.29, 1.82) is 0 Å². The van der Waals surface area contributed by atoms with Crippen LogP contribution in [0.2, 0.25) is 0 Å². The average Bonchev–Trinajstić information content (AvgIpc) is 2.46. The third-order valence-electron chi connectivity index (χ3n) is 3.62. The lowest BCUT2D eigenvalue weighted by molar-refractivity contribution is -0.113. The maximum Gasteiger partial charge on any atom is 0.254 e. The van der Waals surface area contributed by atoms with Crippen LogP contribution in [0.25, 0.3) is 0 Å². The predicted octanol–water partition coefficient (Wildman–Crippen LogP) is 1.16. The Morgan fingerprint density at radius 1 is 1.45 bits per heavy atom. The normalized spacial score (nSPS) is 22.1. The van der Waals surface area contributed by atoms with Crippen LogP contribution in [0.5, 0.6) is 0 Å². The lowest BCUT2D eigenvalue weighted by atomic mass is 10.1. The Morgan fingerprint density at radius 2 is 2.30 bits per heavy atom. The Kier molecular flexibility index (Phi) is 3.67. The summed E-state index contributed by atoms with van der Waals surface area (Å²) < 4.78 is 0. The smallest absolute Gasteiger partial charge is 0.254 e. The minimum Gasteiger partial charge on any atom is -0.333 e. The van der Waals surface area contributed by atoms with Crippen molar-refractivity contribution < 1.29 is 9.59 Å². The highest BCUT2D eigenvalue weighted by atomic mass is 32.2. The molecule has 0 spiro atoms. The first-order valence-electron chi connectivity index (χ1n) is 6.73. The van der Waals surface area contributed by atoms with Crippen LogP contribution in [0.4, 0.5) is 5.69 Å². The molecule has 1 fully saturated rings. The molecular formula is C14H17N3O2S. The van der Waals surface area contributed by atoms with E-state index in [0.717, 1.165) is 30.2 Å². The molecule has 0 radical (unpaired) electrons. The fourth-order valence-electron chi connectivity index (χ4n) is 2.52. The molecular weight excluding hydrogens is 274 g/mol. The van der Waals surface area contributed by atoms with E-state index >= 15 is 0 Å². The average molecular weight is 291 g/mol. The fraction of sp³-hybridized carbons (Fsp3) is 0.429. The van der Waals surface area contributed by atoms with Crippen LogP contribution >= 0.6 is 11.8 Å². The lowest BCUT2D eigenvalue weighted by Crippen LogP contribution is -2.52. The molecule has 2 amide bonds. The zero-order chi connectivity index (χ0) is 14.1. The topological polar surface area (TPSA) is 61.4 Å². The van der Waals surface area contributed by atoms with E-state index in [0.29, 0.717) is 11.3 Å². The number of carbonyl (C=O) groups is 2. The van der Waals surface area contributed by atoms with Crippen LogP contribution in [-0.4, -0.2) is 48.1 Å². The monoisotopic (exact) mass is 291 g/mol. The number of amides is 2. The van der Waals surface area contributed by atoms with Crippen LogP contribution in [0.15, 0.2) is 23.1 Å². The number of benzene rings is 1. The molecule has 3 rings (SSSR count). The molecule has 1 aromatic carbocycles. The lowest BCUT2D eigenvalue weighted by Gasteiger charge is -2.34. The van der Waals surface area contributed by atoms with Crippen LogP contribution in [0, 0.1) is 0 Å². The number of hydrogen-bond donors (Lipinski definition) is 2. The summed E-state index contributed by atoms with van der Waals surface area (Å²) in [5, 5.41) is 6.10. The van der Waals surface area contributed by atoms with Gasteiger partial charge in [-0.15, -0.1) is 11.8 Å². The van der Waals surface area contributed by atoms with Gasteiger partial charge < -0.3 is 15.5 Å². The highest BCUT2D eigenvalue weighted by Gasteiger charge is 2.25. The van der Waals surface area contributed by atoms with Crippen molar-refractivity contribution in [3.05, 3.63) is 23.8 Å². The summed E-state index contributed by atoms with van der Waals surface area (Å²) in [6.07, 6.45) is 0. The number of nitrogens with zero attached hydrogens (tertiary/aromatic N) is 1. The van der Waals surface area contributed by atoms with Gasteiger partial charge in [0.1, 0.15) is 0 Å². The van der Waals surface area contributed by atoms with E-state index in [1.165, 1.54) is 11.8 Å². The molecule has 1 aromatic rings. The number of thioether (sulfide) groups is 1. The Bertz CT molecular complexity index is 561. The summed E-state index contributed by atoms with van der Waals surface area (Å²) in [6.45, 7) is 4.41. The van der Waals surface area contributed by atoms with Crippen molar-refractivity contribution >= 4 is 29.3 Å². The Labute approximate surface area is 122 Å². The molecule has 0 aliphatic carbocycles. The Balaban J connectivity index is 1.85. The molecule has 0 saturated carbocycles. The van der Waals surface area contributed by atoms with Crippen molar-refractivity contribution in [3.8, 4) is 0 Å². The van der Waals surface area contributed by atoms with Crippen molar-refractivity contribution in [2.45, 2.75) is 17.9 Å².